The number of hydrogen-bond donors (Lipinski definition) is 0. The zero-order chi connectivity index (χ0) is 13.4. The second kappa shape index (κ2) is 5.00. The predicted molar refractivity (Wildman–Crippen MR) is 76.2 cm³/mol. The lowest BCUT2D eigenvalue weighted by Crippen LogP contribution is -2.30. The van der Waals surface area contributed by atoms with E-state index in [2.05, 4.69) is 0 Å². The molecule has 4 heteroatoms. The molecule has 0 unspecified atom stereocenters. The highest BCUT2D eigenvalue weighted by molar-refractivity contribution is 7.98. The van der Waals surface area contributed by atoms with E-state index in [9.17, 15) is 9.59 Å². The maximum absolute atomic E-state index is 12.4. The quantitative estimate of drug-likeness (QED) is 0.615. The fraction of sp³-hybridized carbons (Fsp3) is 0.467. The fourth-order valence-corrected chi connectivity index (χ4v) is 3.62. The van der Waals surface area contributed by atoms with Crippen LogP contribution < -0.4 is 4.90 Å². The summed E-state index contributed by atoms with van der Waals surface area (Å²) in [7, 11) is 0. The number of nitrogens with zero attached hydrogens (tertiary/aromatic N) is 1. The van der Waals surface area contributed by atoms with E-state index in [4.69, 9.17) is 0 Å². The molecule has 2 atom stereocenters. The molecule has 2 fully saturated rings. The van der Waals surface area contributed by atoms with E-state index in [0.29, 0.717) is 0 Å². The van der Waals surface area contributed by atoms with Crippen molar-refractivity contribution in [3.63, 3.8) is 0 Å². The van der Waals surface area contributed by atoms with Crippen molar-refractivity contribution < 1.29 is 9.59 Å². The molecule has 0 aromatic heterocycles. The second-order valence-electron chi connectivity index (χ2n) is 5.21. The minimum Gasteiger partial charge on any atom is -0.274 e. The van der Waals surface area contributed by atoms with Crippen molar-refractivity contribution >= 4 is 29.3 Å². The molecule has 1 heterocycles. The number of benzene rings is 1. The first-order chi connectivity index (χ1) is 9.22. The molecule has 0 N–H and O–H groups in total. The third-order valence-electron chi connectivity index (χ3n) is 4.15. The van der Waals surface area contributed by atoms with Gasteiger partial charge < -0.3 is 0 Å². The summed E-state index contributed by atoms with van der Waals surface area (Å²) in [5.41, 5.74) is 0.733. The van der Waals surface area contributed by atoms with Crippen molar-refractivity contribution in [1.29, 1.82) is 0 Å². The van der Waals surface area contributed by atoms with E-state index in [1.807, 2.05) is 30.5 Å². The summed E-state index contributed by atoms with van der Waals surface area (Å²) in [6.45, 7) is 0. The summed E-state index contributed by atoms with van der Waals surface area (Å²) in [5, 5.41) is 0. The molecule has 1 aromatic carbocycles. The number of amides is 2. The van der Waals surface area contributed by atoms with E-state index >= 15 is 0 Å². The van der Waals surface area contributed by atoms with E-state index in [1.165, 1.54) is 4.90 Å². The van der Waals surface area contributed by atoms with E-state index < -0.39 is 0 Å². The first kappa shape index (κ1) is 12.7. The Hall–Kier alpha value is -1.29. The molecule has 0 radical (unpaired) electrons. The van der Waals surface area contributed by atoms with Gasteiger partial charge in [-0.25, -0.2) is 0 Å². The van der Waals surface area contributed by atoms with Gasteiger partial charge in [-0.05, 0) is 37.3 Å². The summed E-state index contributed by atoms with van der Waals surface area (Å²) in [6.07, 6.45) is 5.87. The Morgan fingerprint density at radius 1 is 1.11 bits per heavy atom. The van der Waals surface area contributed by atoms with Crippen LogP contribution in [0.3, 0.4) is 0 Å². The molecule has 3 rings (SSSR count). The number of fused-ring (bicyclic) bond motifs is 1. The smallest absolute Gasteiger partial charge is 0.237 e. The van der Waals surface area contributed by atoms with Crippen LogP contribution in [-0.2, 0) is 9.59 Å². The van der Waals surface area contributed by atoms with Gasteiger partial charge in [0.1, 0.15) is 0 Å². The van der Waals surface area contributed by atoms with Gasteiger partial charge in [0.25, 0.3) is 0 Å². The number of rotatable bonds is 2. The van der Waals surface area contributed by atoms with Crippen LogP contribution in [0.1, 0.15) is 25.7 Å². The summed E-state index contributed by atoms with van der Waals surface area (Å²) < 4.78 is 0. The lowest BCUT2D eigenvalue weighted by Gasteiger charge is -2.19. The molecule has 19 heavy (non-hydrogen) atoms. The Morgan fingerprint density at radius 2 is 1.74 bits per heavy atom. The standard InChI is InChI=1S/C15H17NO2S/c1-19-11-6-4-5-10(9-11)16-14(17)12-7-2-3-8-13(12)15(16)18/h4-6,9,12-13H,2-3,7-8H2,1H3/t12-,13-/m0/s1. The summed E-state index contributed by atoms with van der Waals surface area (Å²) >= 11 is 1.62. The van der Waals surface area contributed by atoms with Crippen molar-refractivity contribution in [3.8, 4) is 0 Å². The maximum atomic E-state index is 12.4. The zero-order valence-electron chi connectivity index (χ0n) is 11.0. The first-order valence-electron chi connectivity index (χ1n) is 6.74. The van der Waals surface area contributed by atoms with Crippen molar-refractivity contribution in [3.05, 3.63) is 24.3 Å². The average molecular weight is 275 g/mol. The molecule has 1 saturated carbocycles. The number of carbonyl (C=O) groups is 2. The van der Waals surface area contributed by atoms with Crippen LogP contribution in [0.25, 0.3) is 0 Å². The van der Waals surface area contributed by atoms with Crippen molar-refractivity contribution in [1.82, 2.24) is 0 Å². The molecule has 0 bridgehead atoms. The van der Waals surface area contributed by atoms with Crippen LogP contribution in [0.2, 0.25) is 0 Å². The normalized spacial score (nSPS) is 26.7. The summed E-state index contributed by atoms with van der Waals surface area (Å²) in [6, 6.07) is 7.68. The third-order valence-corrected chi connectivity index (χ3v) is 4.88. The zero-order valence-corrected chi connectivity index (χ0v) is 11.8. The van der Waals surface area contributed by atoms with Gasteiger partial charge in [0.05, 0.1) is 17.5 Å². The molecule has 1 aromatic rings. The van der Waals surface area contributed by atoms with E-state index in [-0.39, 0.29) is 23.7 Å². The molecule has 0 spiro atoms. The van der Waals surface area contributed by atoms with Gasteiger partial charge in [0, 0.05) is 4.90 Å². The average Bonchev–Trinajstić information content (AvgIpc) is 2.72. The molecule has 1 aliphatic heterocycles. The first-order valence-corrected chi connectivity index (χ1v) is 7.96. The summed E-state index contributed by atoms with van der Waals surface area (Å²) in [4.78, 5) is 27.4. The van der Waals surface area contributed by atoms with Crippen LogP contribution in [0.15, 0.2) is 29.2 Å². The second-order valence-corrected chi connectivity index (χ2v) is 6.09. The highest BCUT2D eigenvalue weighted by Gasteiger charge is 2.48. The predicted octanol–water partition coefficient (Wildman–Crippen LogP) is 3.09. The number of imide groups is 1. The van der Waals surface area contributed by atoms with Crippen LogP contribution in [0, 0.1) is 11.8 Å². The van der Waals surface area contributed by atoms with Crippen molar-refractivity contribution in [2.75, 3.05) is 11.2 Å². The molecule has 3 nitrogen and oxygen atoms in total. The highest BCUT2D eigenvalue weighted by Crippen LogP contribution is 2.40. The lowest BCUT2D eigenvalue weighted by atomic mass is 9.81. The van der Waals surface area contributed by atoms with Crippen LogP contribution in [0.5, 0.6) is 0 Å². The Bertz CT molecular complexity index is 505. The lowest BCUT2D eigenvalue weighted by molar-refractivity contribution is -0.122. The molecule has 100 valence electrons. The van der Waals surface area contributed by atoms with Gasteiger partial charge in [-0.15, -0.1) is 11.8 Å². The van der Waals surface area contributed by atoms with Crippen molar-refractivity contribution in [2.24, 2.45) is 11.8 Å². The van der Waals surface area contributed by atoms with Gasteiger partial charge >= 0.3 is 0 Å². The largest absolute Gasteiger partial charge is 0.274 e. The number of thioether (sulfide) groups is 1. The molecule has 1 saturated heterocycles. The molecule has 1 aliphatic carbocycles. The molecular formula is C15H17NO2S. The van der Waals surface area contributed by atoms with Gasteiger partial charge in [-0.2, -0.15) is 0 Å². The molecule has 2 aliphatic rings. The van der Waals surface area contributed by atoms with Gasteiger partial charge in [-0.3, -0.25) is 14.5 Å². The Kier molecular flexibility index (Phi) is 3.35. The van der Waals surface area contributed by atoms with Gasteiger partial charge in [-0.1, -0.05) is 18.9 Å². The monoisotopic (exact) mass is 275 g/mol. The minimum absolute atomic E-state index is 0.00736. The van der Waals surface area contributed by atoms with E-state index in [1.54, 1.807) is 11.8 Å². The SMILES string of the molecule is CSc1cccc(N2C(=O)[C@H]3CCCC[C@@H]3C2=O)c1. The molecular weight excluding hydrogens is 258 g/mol. The Labute approximate surface area is 117 Å². The van der Waals surface area contributed by atoms with E-state index in [0.717, 1.165) is 36.3 Å². The third kappa shape index (κ3) is 2.08. The number of carbonyl (C=O) groups excluding carboxylic acids is 2. The topological polar surface area (TPSA) is 37.4 Å². The molecule has 2 amide bonds. The van der Waals surface area contributed by atoms with Crippen molar-refractivity contribution in [2.45, 2.75) is 30.6 Å². The van der Waals surface area contributed by atoms with Crippen LogP contribution >= 0.6 is 11.8 Å². The van der Waals surface area contributed by atoms with Crippen LogP contribution in [-0.4, -0.2) is 18.1 Å². The maximum Gasteiger partial charge on any atom is 0.237 e. The Balaban J connectivity index is 1.95. The summed E-state index contributed by atoms with van der Waals surface area (Å²) in [5.74, 6) is -0.126. The highest BCUT2D eigenvalue weighted by atomic mass is 32.2. The van der Waals surface area contributed by atoms with Gasteiger partial charge in [0.15, 0.2) is 0 Å². The number of anilines is 1. The van der Waals surface area contributed by atoms with Gasteiger partial charge in [0.2, 0.25) is 11.8 Å². The Morgan fingerprint density at radius 3 is 2.32 bits per heavy atom. The fourth-order valence-electron chi connectivity index (χ4n) is 3.17. The van der Waals surface area contributed by atoms with Crippen LogP contribution in [0.4, 0.5) is 5.69 Å². The minimum atomic E-state index is -0.0702. The number of hydrogen-bond acceptors (Lipinski definition) is 3.